The number of nitrogens with two attached hydrogens (primary N) is 1. The number of amides is 2. The van der Waals surface area contributed by atoms with Crippen molar-refractivity contribution in [2.75, 3.05) is 13.1 Å². The van der Waals surface area contributed by atoms with Gasteiger partial charge in [-0.2, -0.15) is 0 Å². The molecular formula is C9H21N3O. The van der Waals surface area contributed by atoms with Gasteiger partial charge in [-0.05, 0) is 33.2 Å². The van der Waals surface area contributed by atoms with Crippen molar-refractivity contribution in [2.45, 2.75) is 39.2 Å². The molecule has 0 spiro atoms. The third kappa shape index (κ3) is 4.72. The standard InChI is InChI=1S/C9H21N3O/c1-4-9(3,6-7-10)12-8(13)11-5-2/h4-7,10H2,1-3H3,(H2,11,12,13). The molecule has 0 bridgehead atoms. The highest BCUT2D eigenvalue weighted by Gasteiger charge is 2.22. The smallest absolute Gasteiger partial charge is 0.315 e. The van der Waals surface area contributed by atoms with Crippen LogP contribution >= 0.6 is 0 Å². The Morgan fingerprint density at radius 1 is 1.46 bits per heavy atom. The number of nitrogens with one attached hydrogen (secondary N) is 2. The van der Waals surface area contributed by atoms with Gasteiger partial charge in [-0.25, -0.2) is 4.79 Å². The zero-order valence-electron chi connectivity index (χ0n) is 8.81. The fourth-order valence-corrected chi connectivity index (χ4v) is 1.13. The van der Waals surface area contributed by atoms with Gasteiger partial charge in [0.1, 0.15) is 0 Å². The maximum absolute atomic E-state index is 11.2. The summed E-state index contributed by atoms with van der Waals surface area (Å²) in [6.45, 7) is 7.19. The molecule has 0 heterocycles. The van der Waals surface area contributed by atoms with Gasteiger partial charge >= 0.3 is 6.03 Å². The third-order valence-electron chi connectivity index (χ3n) is 2.23. The van der Waals surface area contributed by atoms with Gasteiger partial charge in [-0.3, -0.25) is 0 Å². The minimum atomic E-state index is -0.173. The lowest BCUT2D eigenvalue weighted by molar-refractivity contribution is 0.224. The number of urea groups is 1. The number of hydrogen-bond acceptors (Lipinski definition) is 2. The average Bonchev–Trinajstić information content (AvgIpc) is 2.05. The van der Waals surface area contributed by atoms with Crippen molar-refractivity contribution < 1.29 is 4.79 Å². The molecule has 78 valence electrons. The second kappa shape index (κ2) is 5.80. The normalized spacial score (nSPS) is 14.8. The van der Waals surface area contributed by atoms with Crippen LogP contribution < -0.4 is 16.4 Å². The van der Waals surface area contributed by atoms with Crippen molar-refractivity contribution in [3.8, 4) is 0 Å². The van der Waals surface area contributed by atoms with Gasteiger partial charge < -0.3 is 16.4 Å². The van der Waals surface area contributed by atoms with Crippen LogP contribution in [0.25, 0.3) is 0 Å². The topological polar surface area (TPSA) is 67.2 Å². The molecule has 0 aromatic rings. The molecule has 0 aromatic carbocycles. The quantitative estimate of drug-likeness (QED) is 0.596. The van der Waals surface area contributed by atoms with Crippen molar-refractivity contribution in [1.29, 1.82) is 0 Å². The third-order valence-corrected chi connectivity index (χ3v) is 2.23. The Morgan fingerprint density at radius 2 is 2.08 bits per heavy atom. The van der Waals surface area contributed by atoms with Crippen LogP contribution in [0.2, 0.25) is 0 Å². The summed E-state index contributed by atoms with van der Waals surface area (Å²) in [7, 11) is 0. The van der Waals surface area contributed by atoms with Crippen LogP contribution in [-0.2, 0) is 0 Å². The predicted octanol–water partition coefficient (Wildman–Crippen LogP) is 0.823. The molecular weight excluding hydrogens is 166 g/mol. The average molecular weight is 187 g/mol. The molecule has 0 aliphatic carbocycles. The molecule has 13 heavy (non-hydrogen) atoms. The van der Waals surface area contributed by atoms with Gasteiger partial charge in [-0.15, -0.1) is 0 Å². The van der Waals surface area contributed by atoms with Crippen molar-refractivity contribution in [3.63, 3.8) is 0 Å². The predicted molar refractivity (Wildman–Crippen MR) is 54.6 cm³/mol. The van der Waals surface area contributed by atoms with E-state index < -0.39 is 0 Å². The van der Waals surface area contributed by atoms with Gasteiger partial charge in [0.15, 0.2) is 0 Å². The zero-order chi connectivity index (χ0) is 10.3. The Hall–Kier alpha value is -0.770. The Balaban J connectivity index is 4.02. The van der Waals surface area contributed by atoms with E-state index in [-0.39, 0.29) is 11.6 Å². The highest BCUT2D eigenvalue weighted by atomic mass is 16.2. The summed E-state index contributed by atoms with van der Waals surface area (Å²) in [4.78, 5) is 11.2. The molecule has 0 aliphatic heterocycles. The SMILES string of the molecule is CCNC(=O)NC(C)(CC)CCN. The fraction of sp³-hybridized carbons (Fsp3) is 0.889. The van der Waals surface area contributed by atoms with Crippen LogP contribution in [0.1, 0.15) is 33.6 Å². The number of carbonyl (C=O) groups excluding carboxylic acids is 1. The maximum Gasteiger partial charge on any atom is 0.315 e. The van der Waals surface area contributed by atoms with Gasteiger partial charge in [0.25, 0.3) is 0 Å². The second-order valence-electron chi connectivity index (χ2n) is 3.44. The van der Waals surface area contributed by atoms with E-state index in [0.717, 1.165) is 12.8 Å². The Morgan fingerprint density at radius 3 is 2.46 bits per heavy atom. The summed E-state index contributed by atoms with van der Waals surface area (Å²) < 4.78 is 0. The highest BCUT2D eigenvalue weighted by Crippen LogP contribution is 2.12. The molecule has 1 atom stereocenters. The van der Waals surface area contributed by atoms with E-state index in [0.29, 0.717) is 13.1 Å². The van der Waals surface area contributed by atoms with Gasteiger partial charge in [-0.1, -0.05) is 6.92 Å². The summed E-state index contributed by atoms with van der Waals surface area (Å²) in [5.74, 6) is 0. The summed E-state index contributed by atoms with van der Waals surface area (Å²) in [6.07, 6.45) is 1.70. The summed E-state index contributed by atoms with van der Waals surface area (Å²) in [5, 5.41) is 5.62. The van der Waals surface area contributed by atoms with Crippen LogP contribution in [0.4, 0.5) is 4.79 Å². The Kier molecular flexibility index (Phi) is 5.46. The van der Waals surface area contributed by atoms with Gasteiger partial charge in [0.2, 0.25) is 0 Å². The molecule has 1 unspecified atom stereocenters. The highest BCUT2D eigenvalue weighted by molar-refractivity contribution is 5.74. The van der Waals surface area contributed by atoms with Crippen LogP contribution in [-0.4, -0.2) is 24.7 Å². The molecule has 4 nitrogen and oxygen atoms in total. The van der Waals surface area contributed by atoms with Gasteiger partial charge in [0.05, 0.1) is 0 Å². The van der Waals surface area contributed by atoms with Crippen molar-refractivity contribution in [1.82, 2.24) is 10.6 Å². The minimum absolute atomic E-state index is 0.111. The van der Waals surface area contributed by atoms with Crippen molar-refractivity contribution in [2.24, 2.45) is 5.73 Å². The van der Waals surface area contributed by atoms with Crippen LogP contribution in [0, 0.1) is 0 Å². The van der Waals surface area contributed by atoms with E-state index in [2.05, 4.69) is 10.6 Å². The lowest BCUT2D eigenvalue weighted by atomic mass is 9.95. The summed E-state index contributed by atoms with van der Waals surface area (Å²) in [6, 6.07) is -0.111. The first-order valence-electron chi connectivity index (χ1n) is 4.84. The van der Waals surface area contributed by atoms with E-state index in [9.17, 15) is 4.79 Å². The number of rotatable bonds is 5. The van der Waals surface area contributed by atoms with Gasteiger partial charge in [0, 0.05) is 12.1 Å². The fourth-order valence-electron chi connectivity index (χ4n) is 1.13. The van der Waals surface area contributed by atoms with E-state index >= 15 is 0 Å². The first-order chi connectivity index (χ1) is 6.08. The van der Waals surface area contributed by atoms with E-state index in [4.69, 9.17) is 5.73 Å². The zero-order valence-corrected chi connectivity index (χ0v) is 8.81. The number of carbonyl (C=O) groups is 1. The van der Waals surface area contributed by atoms with Crippen LogP contribution in [0.3, 0.4) is 0 Å². The first kappa shape index (κ1) is 12.2. The Bertz CT molecular complexity index is 161. The number of hydrogen-bond donors (Lipinski definition) is 3. The summed E-state index contributed by atoms with van der Waals surface area (Å²) >= 11 is 0. The van der Waals surface area contributed by atoms with Crippen molar-refractivity contribution >= 4 is 6.03 Å². The van der Waals surface area contributed by atoms with Crippen LogP contribution in [0.5, 0.6) is 0 Å². The van der Waals surface area contributed by atoms with Crippen LogP contribution in [0.15, 0.2) is 0 Å². The largest absolute Gasteiger partial charge is 0.338 e. The molecule has 4 N–H and O–H groups in total. The molecule has 0 rings (SSSR count). The molecule has 2 amide bonds. The molecule has 0 radical (unpaired) electrons. The van der Waals surface area contributed by atoms with E-state index in [1.54, 1.807) is 0 Å². The van der Waals surface area contributed by atoms with E-state index in [1.165, 1.54) is 0 Å². The minimum Gasteiger partial charge on any atom is -0.338 e. The summed E-state index contributed by atoms with van der Waals surface area (Å²) in [5.41, 5.74) is 5.30. The molecule has 0 aliphatic rings. The lowest BCUT2D eigenvalue weighted by Crippen LogP contribution is -2.50. The molecule has 0 fully saturated rings. The monoisotopic (exact) mass is 187 g/mol. The second-order valence-corrected chi connectivity index (χ2v) is 3.44. The molecule has 0 aromatic heterocycles. The molecule has 0 saturated heterocycles. The molecule has 4 heteroatoms. The molecule has 0 saturated carbocycles. The lowest BCUT2D eigenvalue weighted by Gasteiger charge is -2.29. The first-order valence-corrected chi connectivity index (χ1v) is 4.84. The maximum atomic E-state index is 11.2. The van der Waals surface area contributed by atoms with E-state index in [1.807, 2.05) is 20.8 Å². The van der Waals surface area contributed by atoms with Crippen molar-refractivity contribution in [3.05, 3.63) is 0 Å². The Labute approximate surface area is 80.3 Å².